The van der Waals surface area contributed by atoms with Crippen molar-refractivity contribution in [2.24, 2.45) is 0 Å². The molecule has 0 saturated carbocycles. The van der Waals surface area contributed by atoms with Crippen molar-refractivity contribution in [1.82, 2.24) is 15.5 Å². The molecule has 0 spiro atoms. The van der Waals surface area contributed by atoms with E-state index in [1.54, 1.807) is 45.0 Å². The van der Waals surface area contributed by atoms with Crippen LogP contribution in [0.4, 0.5) is 4.79 Å². The van der Waals surface area contributed by atoms with Crippen LogP contribution in [0.3, 0.4) is 0 Å². The SMILES string of the molecule is COC(=O)CNC(=O)C(c1ccccc1)N(C(=O)C(CCSC)NC(=O)OC(C)(C)C)C(C)(C)C. The Balaban J connectivity index is 3.44. The fraction of sp³-hybridized carbons (Fsp3) is 0.600. The quantitative estimate of drug-likeness (QED) is 0.465. The molecule has 9 nitrogen and oxygen atoms in total. The number of amides is 3. The first-order valence-electron chi connectivity index (χ1n) is 11.4. The minimum absolute atomic E-state index is 0.336. The van der Waals surface area contributed by atoms with Crippen molar-refractivity contribution in [2.45, 2.75) is 71.2 Å². The number of carbonyl (C=O) groups is 4. The van der Waals surface area contributed by atoms with Crippen molar-refractivity contribution in [3.05, 3.63) is 35.9 Å². The van der Waals surface area contributed by atoms with E-state index in [1.807, 2.05) is 33.1 Å². The molecule has 1 aromatic carbocycles. The largest absolute Gasteiger partial charge is 0.468 e. The highest BCUT2D eigenvalue weighted by atomic mass is 32.2. The molecular weight excluding hydrogens is 470 g/mol. The van der Waals surface area contributed by atoms with Crippen LogP contribution in [0.15, 0.2) is 30.3 Å². The molecule has 0 radical (unpaired) electrons. The van der Waals surface area contributed by atoms with Crippen molar-refractivity contribution >= 4 is 35.6 Å². The zero-order valence-electron chi connectivity index (χ0n) is 22.0. The van der Waals surface area contributed by atoms with Gasteiger partial charge in [0.05, 0.1) is 7.11 Å². The van der Waals surface area contributed by atoms with Crippen molar-refractivity contribution in [3.63, 3.8) is 0 Å². The van der Waals surface area contributed by atoms with Crippen molar-refractivity contribution in [2.75, 3.05) is 25.7 Å². The van der Waals surface area contributed by atoms with Crippen LogP contribution in [0.1, 0.15) is 59.6 Å². The Morgan fingerprint density at radius 3 is 2.11 bits per heavy atom. The number of alkyl carbamates (subject to hydrolysis) is 1. The molecular formula is C25H39N3O6S. The Labute approximate surface area is 212 Å². The van der Waals surface area contributed by atoms with E-state index in [0.717, 1.165) is 0 Å². The zero-order valence-corrected chi connectivity index (χ0v) is 22.8. The second kappa shape index (κ2) is 13.4. The van der Waals surface area contributed by atoms with E-state index in [1.165, 1.54) is 23.8 Å². The highest BCUT2D eigenvalue weighted by molar-refractivity contribution is 7.98. The average molecular weight is 510 g/mol. The molecule has 2 unspecified atom stereocenters. The van der Waals surface area contributed by atoms with Gasteiger partial charge in [0.25, 0.3) is 0 Å². The van der Waals surface area contributed by atoms with Gasteiger partial charge in [-0.15, -0.1) is 0 Å². The number of rotatable bonds is 10. The number of hydrogen-bond donors (Lipinski definition) is 2. The summed E-state index contributed by atoms with van der Waals surface area (Å²) in [6, 6.07) is 6.86. The molecule has 196 valence electrons. The number of carbonyl (C=O) groups excluding carboxylic acids is 4. The summed E-state index contributed by atoms with van der Waals surface area (Å²) in [5.74, 6) is -0.970. The van der Waals surface area contributed by atoms with E-state index in [9.17, 15) is 19.2 Å². The first kappa shape index (κ1) is 30.3. The molecule has 0 fully saturated rings. The number of benzene rings is 1. The van der Waals surface area contributed by atoms with E-state index in [2.05, 4.69) is 15.4 Å². The summed E-state index contributed by atoms with van der Waals surface area (Å²) in [5, 5.41) is 5.26. The van der Waals surface area contributed by atoms with Gasteiger partial charge >= 0.3 is 12.1 Å². The molecule has 35 heavy (non-hydrogen) atoms. The molecule has 2 atom stereocenters. The molecule has 10 heteroatoms. The van der Waals surface area contributed by atoms with Gasteiger partial charge in [-0.3, -0.25) is 14.4 Å². The lowest BCUT2D eigenvalue weighted by molar-refractivity contribution is -0.149. The number of methoxy groups -OCH3 is 1. The van der Waals surface area contributed by atoms with Crippen LogP contribution in [0.5, 0.6) is 0 Å². The number of esters is 1. The maximum atomic E-state index is 14.0. The van der Waals surface area contributed by atoms with Crippen LogP contribution in [0.2, 0.25) is 0 Å². The van der Waals surface area contributed by atoms with Gasteiger partial charge in [-0.05, 0) is 65.5 Å². The Hall–Kier alpha value is -2.75. The standard InChI is InChI=1S/C25H39N3O6S/c1-24(2,3)28(22(31)18(14-15-35-8)27-23(32)34-25(4,5)6)20(17-12-10-9-11-13-17)21(30)26-16-19(29)33-7/h9-13,18,20H,14-16H2,1-8H3,(H,26,30)(H,27,32). The Morgan fingerprint density at radius 1 is 1.03 bits per heavy atom. The maximum absolute atomic E-state index is 14.0. The number of thioether (sulfide) groups is 1. The summed E-state index contributed by atoms with van der Waals surface area (Å²) in [6.07, 6.45) is 1.54. The molecule has 1 aromatic rings. The molecule has 0 aliphatic carbocycles. The molecule has 0 aromatic heterocycles. The third-order valence-corrected chi connectivity index (χ3v) is 5.46. The Kier molecular flexibility index (Phi) is 11.6. The molecule has 2 N–H and O–H groups in total. The minimum atomic E-state index is -1.05. The third kappa shape index (κ3) is 10.2. The van der Waals surface area contributed by atoms with Gasteiger partial charge in [-0.1, -0.05) is 30.3 Å². The average Bonchev–Trinajstić information content (AvgIpc) is 2.76. The molecule has 3 amide bonds. The van der Waals surface area contributed by atoms with Crippen LogP contribution in [0, 0.1) is 0 Å². The van der Waals surface area contributed by atoms with Crippen LogP contribution < -0.4 is 10.6 Å². The topological polar surface area (TPSA) is 114 Å². The third-order valence-electron chi connectivity index (χ3n) is 4.82. The summed E-state index contributed by atoms with van der Waals surface area (Å²) < 4.78 is 10.0. The van der Waals surface area contributed by atoms with Crippen LogP contribution in [0.25, 0.3) is 0 Å². The highest BCUT2D eigenvalue weighted by Gasteiger charge is 2.41. The molecule has 0 aliphatic heterocycles. The molecule has 0 aliphatic rings. The van der Waals surface area contributed by atoms with Gasteiger partial charge in [0.15, 0.2) is 0 Å². The van der Waals surface area contributed by atoms with E-state index in [-0.39, 0.29) is 6.54 Å². The fourth-order valence-corrected chi connectivity index (χ4v) is 3.81. The number of nitrogens with zero attached hydrogens (tertiary/aromatic N) is 1. The number of nitrogens with one attached hydrogen (secondary N) is 2. The smallest absolute Gasteiger partial charge is 0.408 e. The van der Waals surface area contributed by atoms with Gasteiger partial charge in [0, 0.05) is 5.54 Å². The second-order valence-corrected chi connectivity index (χ2v) is 11.0. The number of hydrogen-bond acceptors (Lipinski definition) is 7. The summed E-state index contributed by atoms with van der Waals surface area (Å²) >= 11 is 1.54. The zero-order chi connectivity index (χ0) is 26.8. The van der Waals surface area contributed by atoms with E-state index in [4.69, 9.17) is 4.74 Å². The van der Waals surface area contributed by atoms with Crippen molar-refractivity contribution in [3.8, 4) is 0 Å². The van der Waals surface area contributed by atoms with E-state index in [0.29, 0.717) is 17.7 Å². The van der Waals surface area contributed by atoms with Crippen LogP contribution in [-0.2, 0) is 23.9 Å². The molecule has 1 rings (SSSR count). The summed E-state index contributed by atoms with van der Waals surface area (Å²) in [6.45, 7) is 10.3. The highest BCUT2D eigenvalue weighted by Crippen LogP contribution is 2.30. The predicted octanol–water partition coefficient (Wildman–Crippen LogP) is 3.29. The summed E-state index contributed by atoms with van der Waals surface area (Å²) in [5.41, 5.74) is -0.978. The van der Waals surface area contributed by atoms with Gasteiger partial charge in [-0.2, -0.15) is 11.8 Å². The monoisotopic (exact) mass is 509 g/mol. The van der Waals surface area contributed by atoms with Gasteiger partial charge in [0.1, 0.15) is 24.2 Å². The lowest BCUT2D eigenvalue weighted by atomic mass is 9.95. The summed E-state index contributed by atoms with van der Waals surface area (Å²) in [7, 11) is 1.23. The van der Waals surface area contributed by atoms with Crippen molar-refractivity contribution < 1.29 is 28.7 Å². The second-order valence-electron chi connectivity index (χ2n) is 9.97. The lowest BCUT2D eigenvalue weighted by Crippen LogP contribution is -2.59. The fourth-order valence-electron chi connectivity index (χ4n) is 3.34. The minimum Gasteiger partial charge on any atom is -0.468 e. The molecule has 0 bridgehead atoms. The Bertz CT molecular complexity index is 864. The van der Waals surface area contributed by atoms with Gasteiger partial charge < -0.3 is 25.0 Å². The van der Waals surface area contributed by atoms with Crippen molar-refractivity contribution in [1.29, 1.82) is 0 Å². The van der Waals surface area contributed by atoms with E-state index < -0.39 is 47.1 Å². The van der Waals surface area contributed by atoms with Crippen LogP contribution >= 0.6 is 11.8 Å². The first-order valence-corrected chi connectivity index (χ1v) is 12.8. The van der Waals surface area contributed by atoms with Crippen LogP contribution in [-0.4, -0.2) is 71.6 Å². The number of ether oxygens (including phenoxy) is 2. The molecule has 0 saturated heterocycles. The maximum Gasteiger partial charge on any atom is 0.408 e. The summed E-state index contributed by atoms with van der Waals surface area (Å²) in [4.78, 5) is 53.0. The predicted molar refractivity (Wildman–Crippen MR) is 137 cm³/mol. The normalized spacial score (nSPS) is 13.3. The lowest BCUT2D eigenvalue weighted by Gasteiger charge is -2.43. The Morgan fingerprint density at radius 2 is 1.63 bits per heavy atom. The van der Waals surface area contributed by atoms with Gasteiger partial charge in [0.2, 0.25) is 11.8 Å². The molecule has 0 heterocycles. The first-order chi connectivity index (χ1) is 16.2. The van der Waals surface area contributed by atoms with Gasteiger partial charge in [-0.25, -0.2) is 4.79 Å². The van der Waals surface area contributed by atoms with E-state index >= 15 is 0 Å².